The molecule has 4 nitrogen and oxygen atoms in total. The minimum Gasteiger partial charge on any atom is -0.496 e. The molecular formula is C22H24N2O2. The van der Waals surface area contributed by atoms with Crippen LogP contribution in [0, 0.1) is 11.3 Å². The molecule has 0 spiro atoms. The molecule has 0 bridgehead atoms. The Morgan fingerprint density at radius 2 is 1.85 bits per heavy atom. The van der Waals surface area contributed by atoms with Gasteiger partial charge in [-0.05, 0) is 55.1 Å². The van der Waals surface area contributed by atoms with Crippen LogP contribution < -0.4 is 4.74 Å². The van der Waals surface area contributed by atoms with Gasteiger partial charge in [0.05, 0.1) is 18.7 Å². The van der Waals surface area contributed by atoms with Gasteiger partial charge in [0.25, 0.3) is 0 Å². The molecule has 134 valence electrons. The summed E-state index contributed by atoms with van der Waals surface area (Å²) in [6.45, 7) is 6.86. The van der Waals surface area contributed by atoms with E-state index < -0.39 is 0 Å². The van der Waals surface area contributed by atoms with Crippen LogP contribution in [-0.4, -0.2) is 30.9 Å². The minimum absolute atomic E-state index is 0.0576. The third kappa shape index (κ3) is 5.05. The van der Waals surface area contributed by atoms with Gasteiger partial charge in [-0.25, -0.2) is 0 Å². The molecule has 0 fully saturated rings. The lowest BCUT2D eigenvalue weighted by atomic mass is 10.0. The zero-order chi connectivity index (χ0) is 18.9. The van der Waals surface area contributed by atoms with E-state index in [9.17, 15) is 4.79 Å². The number of carbonyl (C=O) groups excluding carboxylic acids is 1. The van der Waals surface area contributed by atoms with Gasteiger partial charge in [-0.1, -0.05) is 32.1 Å². The van der Waals surface area contributed by atoms with Gasteiger partial charge in [-0.2, -0.15) is 5.26 Å². The van der Waals surface area contributed by atoms with E-state index in [2.05, 4.69) is 24.8 Å². The predicted molar refractivity (Wildman–Crippen MR) is 104 cm³/mol. The van der Waals surface area contributed by atoms with Crippen molar-refractivity contribution in [2.45, 2.75) is 20.4 Å². The standard InChI is InChI=1S/C22H24N2O2/c1-4-24(5-2)16-20-14-19(11-13-22(20)26-3)21(25)12-10-17-6-8-18(15-23)9-7-17/h6-14H,4-5,16H2,1-3H3/b12-10+. The second kappa shape index (κ2) is 9.55. The highest BCUT2D eigenvalue weighted by Crippen LogP contribution is 2.22. The summed E-state index contributed by atoms with van der Waals surface area (Å²) in [5, 5.41) is 8.83. The van der Waals surface area contributed by atoms with Crippen LogP contribution in [0.25, 0.3) is 6.08 Å². The first-order valence-corrected chi connectivity index (χ1v) is 8.73. The Morgan fingerprint density at radius 1 is 1.15 bits per heavy atom. The van der Waals surface area contributed by atoms with E-state index in [-0.39, 0.29) is 5.78 Å². The maximum atomic E-state index is 12.5. The molecule has 0 radical (unpaired) electrons. The van der Waals surface area contributed by atoms with E-state index in [0.717, 1.165) is 36.5 Å². The summed E-state index contributed by atoms with van der Waals surface area (Å²) < 4.78 is 5.44. The number of rotatable bonds is 8. The fourth-order valence-electron chi connectivity index (χ4n) is 2.68. The van der Waals surface area contributed by atoms with Gasteiger partial charge < -0.3 is 4.74 Å². The van der Waals surface area contributed by atoms with Crippen LogP contribution in [0.4, 0.5) is 0 Å². The Balaban J connectivity index is 2.19. The molecule has 2 rings (SSSR count). The minimum atomic E-state index is -0.0576. The van der Waals surface area contributed by atoms with E-state index in [1.165, 1.54) is 0 Å². The van der Waals surface area contributed by atoms with Gasteiger partial charge in [0.1, 0.15) is 5.75 Å². The van der Waals surface area contributed by atoms with Crippen LogP contribution in [0.3, 0.4) is 0 Å². The number of methoxy groups -OCH3 is 1. The van der Waals surface area contributed by atoms with Crippen LogP contribution in [0.5, 0.6) is 5.75 Å². The maximum absolute atomic E-state index is 12.5. The summed E-state index contributed by atoms with van der Waals surface area (Å²) in [4.78, 5) is 14.8. The molecule has 0 atom stereocenters. The normalized spacial score (nSPS) is 10.9. The monoisotopic (exact) mass is 348 g/mol. The average molecular weight is 348 g/mol. The SMILES string of the molecule is CCN(CC)Cc1cc(C(=O)/C=C/c2ccc(C#N)cc2)ccc1OC. The second-order valence-corrected chi connectivity index (χ2v) is 5.92. The molecule has 4 heteroatoms. The van der Waals surface area contributed by atoms with Crippen LogP contribution in [-0.2, 0) is 6.54 Å². The highest BCUT2D eigenvalue weighted by Gasteiger charge is 2.11. The highest BCUT2D eigenvalue weighted by molar-refractivity contribution is 6.07. The van der Waals surface area contributed by atoms with Crippen molar-refractivity contribution < 1.29 is 9.53 Å². The number of nitriles is 1. The van der Waals surface area contributed by atoms with Crippen molar-refractivity contribution in [3.63, 3.8) is 0 Å². The summed E-state index contributed by atoms with van der Waals surface area (Å²) in [6.07, 6.45) is 3.32. The molecule has 0 unspecified atom stereocenters. The third-order valence-electron chi connectivity index (χ3n) is 4.32. The molecule has 0 aliphatic rings. The van der Waals surface area contributed by atoms with Crippen LogP contribution in [0.1, 0.15) is 40.9 Å². The van der Waals surface area contributed by atoms with Crippen molar-refractivity contribution >= 4 is 11.9 Å². The lowest BCUT2D eigenvalue weighted by Crippen LogP contribution is -2.22. The van der Waals surface area contributed by atoms with Crippen molar-refractivity contribution in [3.05, 3.63) is 70.8 Å². The molecule has 0 aliphatic heterocycles. The van der Waals surface area contributed by atoms with Crippen molar-refractivity contribution in [2.24, 2.45) is 0 Å². The fourth-order valence-corrected chi connectivity index (χ4v) is 2.68. The summed E-state index contributed by atoms with van der Waals surface area (Å²) in [5.41, 5.74) is 3.13. The lowest BCUT2D eigenvalue weighted by Gasteiger charge is -2.20. The predicted octanol–water partition coefficient (Wildman–Crippen LogP) is 4.30. The molecule has 0 saturated heterocycles. The quantitative estimate of drug-likeness (QED) is 0.527. The van der Waals surface area contributed by atoms with Gasteiger partial charge in [0.15, 0.2) is 5.78 Å². The molecule has 0 saturated carbocycles. The molecule has 26 heavy (non-hydrogen) atoms. The average Bonchev–Trinajstić information content (AvgIpc) is 2.70. The van der Waals surface area contributed by atoms with Crippen molar-refractivity contribution in [1.82, 2.24) is 4.90 Å². The molecule has 0 amide bonds. The highest BCUT2D eigenvalue weighted by atomic mass is 16.5. The summed E-state index contributed by atoms with van der Waals surface area (Å²) in [7, 11) is 1.65. The second-order valence-electron chi connectivity index (χ2n) is 5.92. The van der Waals surface area contributed by atoms with Crippen LogP contribution in [0.15, 0.2) is 48.5 Å². The first-order chi connectivity index (χ1) is 12.6. The number of ether oxygens (including phenoxy) is 1. The number of carbonyl (C=O) groups is 1. The van der Waals surface area contributed by atoms with E-state index in [4.69, 9.17) is 10.00 Å². The Bertz CT molecular complexity index is 813. The maximum Gasteiger partial charge on any atom is 0.185 e. The lowest BCUT2D eigenvalue weighted by molar-refractivity contribution is 0.104. The van der Waals surface area contributed by atoms with Gasteiger partial charge in [-0.15, -0.1) is 0 Å². The van der Waals surface area contributed by atoms with Gasteiger partial charge >= 0.3 is 0 Å². The molecule has 0 heterocycles. The smallest absolute Gasteiger partial charge is 0.185 e. The van der Waals surface area contributed by atoms with Crippen LogP contribution in [0.2, 0.25) is 0 Å². The Hall–Kier alpha value is -2.90. The van der Waals surface area contributed by atoms with Gasteiger partial charge in [-0.3, -0.25) is 9.69 Å². The summed E-state index contributed by atoms with van der Waals surface area (Å²) in [6, 6.07) is 14.7. The molecule has 0 N–H and O–H groups in total. The van der Waals surface area contributed by atoms with Crippen LogP contribution >= 0.6 is 0 Å². The third-order valence-corrected chi connectivity index (χ3v) is 4.32. The van der Waals surface area contributed by atoms with E-state index in [1.807, 2.05) is 24.3 Å². The fraction of sp³-hybridized carbons (Fsp3) is 0.273. The van der Waals surface area contributed by atoms with Gasteiger partial charge in [0.2, 0.25) is 0 Å². The first kappa shape index (κ1) is 19.4. The Labute approximate surface area is 155 Å². The number of nitrogens with zero attached hydrogens (tertiary/aromatic N) is 2. The summed E-state index contributed by atoms with van der Waals surface area (Å²) in [5.74, 6) is 0.738. The van der Waals surface area contributed by atoms with Crippen molar-refractivity contribution in [2.75, 3.05) is 20.2 Å². The molecule has 0 aliphatic carbocycles. The molecule has 2 aromatic rings. The zero-order valence-corrected chi connectivity index (χ0v) is 15.5. The Kier molecular flexibility index (Phi) is 7.13. The van der Waals surface area contributed by atoms with Crippen molar-refractivity contribution in [3.8, 4) is 11.8 Å². The van der Waals surface area contributed by atoms with E-state index >= 15 is 0 Å². The summed E-state index contributed by atoms with van der Waals surface area (Å²) >= 11 is 0. The first-order valence-electron chi connectivity index (χ1n) is 8.73. The van der Waals surface area contributed by atoms with E-state index in [1.54, 1.807) is 37.5 Å². The molecular weight excluding hydrogens is 324 g/mol. The van der Waals surface area contributed by atoms with Crippen molar-refractivity contribution in [1.29, 1.82) is 5.26 Å². The van der Waals surface area contributed by atoms with E-state index in [0.29, 0.717) is 11.1 Å². The number of benzene rings is 2. The number of ketones is 1. The number of hydrogen-bond acceptors (Lipinski definition) is 4. The topological polar surface area (TPSA) is 53.3 Å². The largest absolute Gasteiger partial charge is 0.496 e. The zero-order valence-electron chi connectivity index (χ0n) is 15.5. The van der Waals surface area contributed by atoms with Gasteiger partial charge in [0, 0.05) is 17.7 Å². The molecule has 0 aromatic heterocycles. The Morgan fingerprint density at radius 3 is 2.42 bits per heavy atom. The molecule has 2 aromatic carbocycles. The number of hydrogen-bond donors (Lipinski definition) is 0. The number of allylic oxidation sites excluding steroid dienone is 1.